The van der Waals surface area contributed by atoms with Crippen molar-refractivity contribution in [3.05, 3.63) is 94.8 Å². The molecule has 1 atom stereocenters. The monoisotopic (exact) mass is 644 g/mol. The second-order valence-corrected chi connectivity index (χ2v) is 12.8. The fourth-order valence-electron chi connectivity index (χ4n) is 7.87. The number of primary amides is 1. The molecule has 11 heteroatoms. The molecule has 0 radical (unpaired) electrons. The summed E-state index contributed by atoms with van der Waals surface area (Å²) in [5.74, 6) is -0.0916. The molecule has 2 aromatic heterocycles. The summed E-state index contributed by atoms with van der Waals surface area (Å²) >= 11 is 6.34. The maximum Gasteiger partial charge on any atom is 0.319 e. The van der Waals surface area contributed by atoms with Gasteiger partial charge in [-0.3, -0.25) is 14.5 Å². The highest BCUT2D eigenvalue weighted by Crippen LogP contribution is 2.47. The zero-order valence-electron chi connectivity index (χ0n) is 25.1. The predicted octanol–water partition coefficient (Wildman–Crippen LogP) is 6.13. The normalized spacial score (nSPS) is 16.8. The number of H-pyrrole nitrogens is 2. The first-order valence-electron chi connectivity index (χ1n) is 15.6. The van der Waals surface area contributed by atoms with Crippen molar-refractivity contribution in [2.24, 2.45) is 5.73 Å². The summed E-state index contributed by atoms with van der Waals surface area (Å²) in [6.45, 7) is 1.39. The molecule has 5 heterocycles. The number of aromatic amines is 2. The Morgan fingerprint density at radius 2 is 1.36 bits per heavy atom. The van der Waals surface area contributed by atoms with Gasteiger partial charge in [0, 0.05) is 75.6 Å². The van der Waals surface area contributed by atoms with Gasteiger partial charge in [0.25, 0.3) is 11.8 Å². The molecule has 10 nitrogen and oxygen atoms in total. The molecule has 0 fully saturated rings. The number of carbonyl (C=O) groups is 3. The number of fused-ring (bicyclic) bond motifs is 8. The van der Waals surface area contributed by atoms with Crippen molar-refractivity contribution < 1.29 is 19.5 Å². The standard InChI is InChI=1S/C36H29ClN6O4/c37-16-19-17-43(31-13-18-3-1-2-4-20(18)33(44)32(19)31)35(46)28-15-23-21-9-11-41(29(21)7-5-25(23)40-28)34(45)27-14-24-22-10-12-42(36(38)47)30(22)8-6-26(24)39-27/h1-8,13-15,19,39-40,44H,9-12,16-17H2,(H2,38,47)/t19-/m0/s1. The van der Waals surface area contributed by atoms with Crippen LogP contribution in [-0.4, -0.2) is 58.4 Å². The number of hydrogen-bond acceptors (Lipinski definition) is 4. The highest BCUT2D eigenvalue weighted by atomic mass is 35.5. The highest BCUT2D eigenvalue weighted by Gasteiger charge is 2.37. The summed E-state index contributed by atoms with van der Waals surface area (Å²) in [4.78, 5) is 51.4. The molecular formula is C36H29ClN6O4. The van der Waals surface area contributed by atoms with E-state index in [1.807, 2.05) is 66.7 Å². The number of rotatable bonds is 3. The third-order valence-electron chi connectivity index (χ3n) is 10.1. The fraction of sp³-hybridized carbons (Fsp3) is 0.194. The molecule has 0 aliphatic carbocycles. The van der Waals surface area contributed by atoms with Gasteiger partial charge in [-0.25, -0.2) is 4.79 Å². The number of benzene rings is 4. The molecule has 0 bridgehead atoms. The van der Waals surface area contributed by atoms with E-state index < -0.39 is 6.03 Å². The van der Waals surface area contributed by atoms with Crippen molar-refractivity contribution in [2.75, 3.05) is 40.2 Å². The first-order chi connectivity index (χ1) is 22.8. The Balaban J connectivity index is 1.04. The van der Waals surface area contributed by atoms with Gasteiger partial charge in [-0.05, 0) is 71.8 Å². The van der Waals surface area contributed by atoms with Gasteiger partial charge in [-0.1, -0.05) is 24.3 Å². The van der Waals surface area contributed by atoms with E-state index in [-0.39, 0.29) is 29.4 Å². The van der Waals surface area contributed by atoms with Crippen molar-refractivity contribution >= 4 is 79.1 Å². The Hall–Kier alpha value is -5.48. The minimum atomic E-state index is -0.484. The molecule has 6 aromatic rings. The number of alkyl halides is 1. The van der Waals surface area contributed by atoms with Gasteiger partial charge in [0.05, 0.1) is 5.69 Å². The number of amides is 4. The summed E-state index contributed by atoms with van der Waals surface area (Å²) in [6, 6.07) is 20.4. The van der Waals surface area contributed by atoms with Crippen LogP contribution in [0.5, 0.6) is 5.75 Å². The number of nitrogens with zero attached hydrogens (tertiary/aromatic N) is 3. The van der Waals surface area contributed by atoms with Gasteiger partial charge in [0.2, 0.25) is 0 Å². The lowest BCUT2D eigenvalue weighted by atomic mass is 9.97. The summed E-state index contributed by atoms with van der Waals surface area (Å²) in [5, 5.41) is 14.6. The van der Waals surface area contributed by atoms with Crippen LogP contribution in [0.2, 0.25) is 0 Å². The number of nitrogens with two attached hydrogens (primary N) is 1. The molecule has 3 aliphatic heterocycles. The molecule has 0 unspecified atom stereocenters. The van der Waals surface area contributed by atoms with Crippen molar-refractivity contribution in [1.82, 2.24) is 9.97 Å². The van der Waals surface area contributed by atoms with Crippen LogP contribution in [0.25, 0.3) is 32.6 Å². The molecule has 0 saturated carbocycles. The van der Waals surface area contributed by atoms with Gasteiger partial charge < -0.3 is 30.6 Å². The van der Waals surface area contributed by atoms with Gasteiger partial charge in [0.15, 0.2) is 0 Å². The maximum absolute atomic E-state index is 14.0. The molecule has 9 rings (SSSR count). The van der Waals surface area contributed by atoms with Crippen molar-refractivity contribution in [1.29, 1.82) is 0 Å². The number of aromatic nitrogens is 2. The number of carbonyl (C=O) groups excluding carboxylic acids is 3. The molecule has 0 saturated heterocycles. The number of phenols is 1. The summed E-state index contributed by atoms with van der Waals surface area (Å²) in [5.41, 5.74) is 13.1. The van der Waals surface area contributed by atoms with Gasteiger partial charge in [-0.2, -0.15) is 0 Å². The average molecular weight is 645 g/mol. The Morgan fingerprint density at radius 3 is 2.00 bits per heavy atom. The van der Waals surface area contributed by atoms with Gasteiger partial charge in [-0.15, -0.1) is 11.6 Å². The molecule has 47 heavy (non-hydrogen) atoms. The smallest absolute Gasteiger partial charge is 0.319 e. The van der Waals surface area contributed by atoms with E-state index in [0.29, 0.717) is 55.1 Å². The molecule has 234 valence electrons. The largest absolute Gasteiger partial charge is 0.507 e. The minimum absolute atomic E-state index is 0.141. The SMILES string of the molecule is NC(=O)N1CCc2c1ccc1[nH]c(C(=O)N3CCc4c3ccc3[nH]c(C(=O)N5C[C@H](CCl)c6c5cc5ccccc5c6O)cc43)cc21. The topological polar surface area (TPSA) is 139 Å². The fourth-order valence-corrected chi connectivity index (χ4v) is 8.12. The van der Waals surface area contributed by atoms with Gasteiger partial charge in [0.1, 0.15) is 17.1 Å². The van der Waals surface area contributed by atoms with Crippen LogP contribution in [0, 0.1) is 0 Å². The lowest BCUT2D eigenvalue weighted by Crippen LogP contribution is -2.33. The lowest BCUT2D eigenvalue weighted by molar-refractivity contribution is 0.0977. The van der Waals surface area contributed by atoms with E-state index in [1.165, 1.54) is 0 Å². The molecule has 4 amide bonds. The van der Waals surface area contributed by atoms with Crippen LogP contribution in [0.1, 0.15) is 43.6 Å². The van der Waals surface area contributed by atoms with E-state index in [0.717, 1.165) is 55.1 Å². The van der Waals surface area contributed by atoms with Crippen LogP contribution in [0.3, 0.4) is 0 Å². The lowest BCUT2D eigenvalue weighted by Gasteiger charge is -2.17. The first-order valence-corrected chi connectivity index (χ1v) is 16.2. The van der Waals surface area contributed by atoms with E-state index >= 15 is 0 Å². The maximum atomic E-state index is 14.0. The van der Waals surface area contributed by atoms with Crippen LogP contribution in [-0.2, 0) is 12.8 Å². The number of hydrogen-bond donors (Lipinski definition) is 4. The van der Waals surface area contributed by atoms with E-state index in [9.17, 15) is 19.5 Å². The third kappa shape index (κ3) is 3.94. The van der Waals surface area contributed by atoms with Crippen molar-refractivity contribution in [3.63, 3.8) is 0 Å². The third-order valence-corrected chi connectivity index (χ3v) is 10.5. The summed E-state index contributed by atoms with van der Waals surface area (Å²) < 4.78 is 0. The Labute approximate surface area is 273 Å². The van der Waals surface area contributed by atoms with Crippen molar-refractivity contribution in [3.8, 4) is 5.75 Å². The number of urea groups is 1. The molecule has 4 aromatic carbocycles. The molecular weight excluding hydrogens is 616 g/mol. The highest BCUT2D eigenvalue weighted by molar-refractivity contribution is 6.19. The number of aromatic hydroxyl groups is 1. The van der Waals surface area contributed by atoms with Crippen LogP contribution >= 0.6 is 11.6 Å². The quantitative estimate of drug-likeness (QED) is 0.172. The molecule has 3 aliphatic rings. The molecule has 5 N–H and O–H groups in total. The van der Waals surface area contributed by atoms with Gasteiger partial charge >= 0.3 is 6.03 Å². The Bertz CT molecular complexity index is 2360. The predicted molar refractivity (Wildman–Crippen MR) is 183 cm³/mol. The second kappa shape index (κ2) is 10.0. The summed E-state index contributed by atoms with van der Waals surface area (Å²) in [6.07, 6.45) is 1.32. The Kier molecular flexibility index (Phi) is 5.92. The molecule has 0 spiro atoms. The van der Waals surface area contributed by atoms with Crippen molar-refractivity contribution in [2.45, 2.75) is 18.8 Å². The number of phenolic OH excluding ortho intramolecular Hbond substituents is 1. The number of anilines is 3. The second-order valence-electron chi connectivity index (χ2n) is 12.5. The van der Waals surface area contributed by atoms with E-state index in [2.05, 4.69) is 9.97 Å². The minimum Gasteiger partial charge on any atom is -0.507 e. The number of halogens is 1. The first kappa shape index (κ1) is 27.8. The summed E-state index contributed by atoms with van der Waals surface area (Å²) in [7, 11) is 0. The van der Waals surface area contributed by atoms with E-state index in [4.69, 9.17) is 17.3 Å². The van der Waals surface area contributed by atoms with Crippen LogP contribution < -0.4 is 20.4 Å². The zero-order valence-corrected chi connectivity index (χ0v) is 25.9. The number of nitrogens with one attached hydrogen (secondary N) is 2. The Morgan fingerprint density at radius 1 is 0.766 bits per heavy atom. The van der Waals surface area contributed by atoms with Crippen LogP contribution in [0.4, 0.5) is 21.9 Å². The van der Waals surface area contributed by atoms with E-state index in [1.54, 1.807) is 14.7 Å². The average Bonchev–Trinajstić information content (AvgIpc) is 3.90. The zero-order chi connectivity index (χ0) is 32.1. The van der Waals surface area contributed by atoms with Crippen LogP contribution in [0.15, 0.2) is 66.7 Å².